The lowest BCUT2D eigenvalue weighted by Gasteiger charge is -2.19. The Balaban J connectivity index is 4.47. The van der Waals surface area contributed by atoms with Crippen LogP contribution in [0.5, 0.6) is 0 Å². The molecule has 0 rings (SSSR count). The van der Waals surface area contributed by atoms with Crippen molar-refractivity contribution >= 4 is 19.8 Å². The molecule has 25 heavy (non-hydrogen) atoms. The van der Waals surface area contributed by atoms with Gasteiger partial charge in [0.1, 0.15) is 6.61 Å². The fourth-order valence-electron chi connectivity index (χ4n) is 1.73. The van der Waals surface area contributed by atoms with E-state index in [1.54, 1.807) is 0 Å². The maximum Gasteiger partial charge on any atom is 0.472 e. The van der Waals surface area contributed by atoms with E-state index in [2.05, 4.69) is 4.52 Å². The van der Waals surface area contributed by atoms with Crippen LogP contribution in [0, 0.1) is 0 Å². The van der Waals surface area contributed by atoms with Crippen LogP contribution in [0.1, 0.15) is 52.4 Å². The monoisotopic (exact) mass is 383 g/mol. The summed E-state index contributed by atoms with van der Waals surface area (Å²) in [6.07, 6.45) is 2.65. The Morgan fingerprint density at radius 1 is 1.04 bits per heavy atom. The molecular weight excluding hydrogens is 353 g/mol. The number of phosphoric acid groups is 1. The molecule has 0 aromatic heterocycles. The van der Waals surface area contributed by atoms with E-state index in [1.807, 2.05) is 13.8 Å². The van der Waals surface area contributed by atoms with Gasteiger partial charge in [-0.15, -0.1) is 0 Å². The van der Waals surface area contributed by atoms with Crippen molar-refractivity contribution in [2.75, 3.05) is 26.4 Å². The van der Waals surface area contributed by atoms with Crippen molar-refractivity contribution < 1.29 is 37.6 Å². The van der Waals surface area contributed by atoms with E-state index in [4.69, 9.17) is 19.7 Å². The molecule has 0 fully saturated rings. The second-order valence-electron chi connectivity index (χ2n) is 5.39. The molecule has 0 aliphatic heterocycles. The zero-order valence-electron chi connectivity index (χ0n) is 15.0. The molecule has 0 aliphatic carbocycles. The number of ether oxygens (including phenoxy) is 2. The summed E-state index contributed by atoms with van der Waals surface area (Å²) in [5.74, 6) is -0.926. The third-order valence-electron chi connectivity index (χ3n) is 2.96. The number of esters is 2. The topological polar surface area (TPSA) is 134 Å². The predicted octanol–water partition coefficient (Wildman–Crippen LogP) is 1.91. The maximum atomic E-state index is 11.6. The van der Waals surface area contributed by atoms with Crippen molar-refractivity contribution in [3.05, 3.63) is 0 Å². The highest BCUT2D eigenvalue weighted by Crippen LogP contribution is 2.43. The van der Waals surface area contributed by atoms with E-state index in [9.17, 15) is 19.0 Å². The molecule has 0 heterocycles. The normalized spacial score (nSPS) is 14.6. The minimum absolute atomic E-state index is 0.0538. The summed E-state index contributed by atoms with van der Waals surface area (Å²) < 4.78 is 31.1. The molecule has 0 saturated heterocycles. The first-order valence-corrected chi connectivity index (χ1v) is 10.0. The van der Waals surface area contributed by atoms with Gasteiger partial charge in [-0.3, -0.25) is 18.6 Å². The smallest absolute Gasteiger partial charge is 0.462 e. The summed E-state index contributed by atoms with van der Waals surface area (Å²) >= 11 is 0. The van der Waals surface area contributed by atoms with Crippen molar-refractivity contribution in [2.24, 2.45) is 5.73 Å². The van der Waals surface area contributed by atoms with Crippen LogP contribution in [0.15, 0.2) is 0 Å². The largest absolute Gasteiger partial charge is 0.472 e. The van der Waals surface area contributed by atoms with Crippen molar-refractivity contribution in [1.29, 1.82) is 0 Å². The molecule has 0 aliphatic rings. The third-order valence-corrected chi connectivity index (χ3v) is 3.95. The summed E-state index contributed by atoms with van der Waals surface area (Å²) in [4.78, 5) is 32.7. The van der Waals surface area contributed by atoms with Crippen molar-refractivity contribution in [2.45, 2.75) is 58.5 Å². The van der Waals surface area contributed by atoms with E-state index in [-0.39, 0.29) is 32.6 Å². The average molecular weight is 383 g/mol. The molecular formula is C15H30NO8P. The average Bonchev–Trinajstić information content (AvgIpc) is 2.56. The molecule has 10 heteroatoms. The minimum Gasteiger partial charge on any atom is -0.462 e. The molecule has 0 amide bonds. The van der Waals surface area contributed by atoms with Crippen molar-refractivity contribution in [3.8, 4) is 0 Å². The zero-order chi connectivity index (χ0) is 19.1. The number of unbranched alkanes of at least 4 members (excludes halogenated alkanes) is 2. The highest BCUT2D eigenvalue weighted by atomic mass is 31.2. The molecule has 9 nitrogen and oxygen atoms in total. The van der Waals surface area contributed by atoms with Crippen LogP contribution in [0.2, 0.25) is 0 Å². The molecule has 0 aromatic rings. The van der Waals surface area contributed by atoms with E-state index in [0.29, 0.717) is 12.8 Å². The van der Waals surface area contributed by atoms with Gasteiger partial charge in [-0.05, 0) is 12.8 Å². The van der Waals surface area contributed by atoms with Gasteiger partial charge in [-0.1, -0.05) is 26.7 Å². The quantitative estimate of drug-likeness (QED) is 0.247. The molecule has 0 spiro atoms. The highest BCUT2D eigenvalue weighted by molar-refractivity contribution is 7.47. The van der Waals surface area contributed by atoms with Gasteiger partial charge in [0, 0.05) is 19.4 Å². The Kier molecular flexibility index (Phi) is 13.6. The lowest BCUT2D eigenvalue weighted by molar-refractivity contribution is -0.161. The fourth-order valence-corrected chi connectivity index (χ4v) is 2.49. The van der Waals surface area contributed by atoms with Gasteiger partial charge in [0.05, 0.1) is 13.2 Å². The van der Waals surface area contributed by atoms with Crippen LogP contribution < -0.4 is 5.73 Å². The molecule has 148 valence electrons. The molecule has 0 radical (unpaired) electrons. The second kappa shape index (κ2) is 14.2. The van der Waals surface area contributed by atoms with Crippen molar-refractivity contribution in [1.82, 2.24) is 0 Å². The van der Waals surface area contributed by atoms with Gasteiger partial charge in [-0.25, -0.2) is 4.57 Å². The summed E-state index contributed by atoms with van der Waals surface area (Å²) in [6, 6.07) is 0. The number of hydrogen-bond donors (Lipinski definition) is 2. The lowest BCUT2D eigenvalue weighted by atomic mass is 10.2. The number of carbonyl (C=O) groups is 2. The van der Waals surface area contributed by atoms with E-state index in [1.165, 1.54) is 0 Å². The van der Waals surface area contributed by atoms with Crippen LogP contribution >= 0.6 is 7.82 Å². The third kappa shape index (κ3) is 13.9. The Labute approximate surface area is 148 Å². The van der Waals surface area contributed by atoms with Gasteiger partial charge >= 0.3 is 19.8 Å². The summed E-state index contributed by atoms with van der Waals surface area (Å²) in [5, 5.41) is 0. The number of rotatable bonds is 15. The Morgan fingerprint density at radius 3 is 2.36 bits per heavy atom. The number of phosphoric ester groups is 1. The predicted molar refractivity (Wildman–Crippen MR) is 90.7 cm³/mol. The van der Waals surface area contributed by atoms with Gasteiger partial charge in [-0.2, -0.15) is 0 Å². The zero-order valence-corrected chi connectivity index (χ0v) is 15.9. The summed E-state index contributed by atoms with van der Waals surface area (Å²) in [7, 11) is -4.30. The van der Waals surface area contributed by atoms with Crippen LogP contribution in [0.4, 0.5) is 0 Å². The Bertz CT molecular complexity index is 432. The van der Waals surface area contributed by atoms with E-state index >= 15 is 0 Å². The summed E-state index contributed by atoms with van der Waals surface area (Å²) in [6.45, 7) is 3.04. The van der Waals surface area contributed by atoms with E-state index in [0.717, 1.165) is 12.8 Å². The van der Waals surface area contributed by atoms with Gasteiger partial charge in [0.25, 0.3) is 0 Å². The van der Waals surface area contributed by atoms with Crippen LogP contribution in [0.3, 0.4) is 0 Å². The lowest BCUT2D eigenvalue weighted by Crippen LogP contribution is -2.29. The second-order valence-corrected chi connectivity index (χ2v) is 6.84. The first kappa shape index (κ1) is 24.0. The first-order valence-electron chi connectivity index (χ1n) is 8.51. The van der Waals surface area contributed by atoms with Crippen LogP contribution in [-0.4, -0.2) is 49.3 Å². The molecule has 0 bridgehead atoms. The standard InChI is InChI=1S/C15H30NO8P/c1-3-5-6-8-14(17)21-11-13(24-15(18)7-4-2)12-23-25(19,20)22-10-9-16/h13H,3-12,16H2,1-2H3,(H,19,20)/t13-/m1/s1. The fraction of sp³-hybridized carbons (Fsp3) is 0.867. The summed E-state index contributed by atoms with van der Waals surface area (Å²) in [5.41, 5.74) is 5.18. The van der Waals surface area contributed by atoms with Crippen LogP contribution in [0.25, 0.3) is 0 Å². The molecule has 0 aromatic carbocycles. The van der Waals surface area contributed by atoms with Crippen molar-refractivity contribution in [3.63, 3.8) is 0 Å². The highest BCUT2D eigenvalue weighted by Gasteiger charge is 2.25. The van der Waals surface area contributed by atoms with Crippen LogP contribution in [-0.2, 0) is 32.7 Å². The van der Waals surface area contributed by atoms with Gasteiger partial charge < -0.3 is 20.1 Å². The number of nitrogens with two attached hydrogens (primary N) is 1. The minimum atomic E-state index is -4.30. The molecule has 2 atom stereocenters. The maximum absolute atomic E-state index is 11.6. The molecule has 1 unspecified atom stereocenters. The Morgan fingerprint density at radius 2 is 1.76 bits per heavy atom. The van der Waals surface area contributed by atoms with Gasteiger partial charge in [0.2, 0.25) is 0 Å². The number of carbonyl (C=O) groups excluding carboxylic acids is 2. The van der Waals surface area contributed by atoms with Gasteiger partial charge in [0.15, 0.2) is 6.10 Å². The molecule has 3 N–H and O–H groups in total. The first-order chi connectivity index (χ1) is 11.8. The number of hydrogen-bond acceptors (Lipinski definition) is 8. The molecule has 0 saturated carbocycles. The Hall–Kier alpha value is -0.990. The SMILES string of the molecule is CCCCCC(=O)OC[C@H](COP(=O)(O)OCCN)OC(=O)CCC. The van der Waals surface area contributed by atoms with E-state index < -0.39 is 32.5 Å².